The fourth-order valence-electron chi connectivity index (χ4n) is 3.80. The maximum Gasteiger partial charge on any atom is 0.343 e. The number of carbonyl (C=O) groups is 3. The van der Waals surface area contributed by atoms with Gasteiger partial charge in [-0.25, -0.2) is 9.79 Å². The lowest BCUT2D eigenvalue weighted by molar-refractivity contribution is -0.137. The van der Waals surface area contributed by atoms with Gasteiger partial charge in [0.2, 0.25) is 5.91 Å². The van der Waals surface area contributed by atoms with Crippen LogP contribution in [0.4, 0.5) is 17.1 Å². The molecule has 2 aliphatic rings. The van der Waals surface area contributed by atoms with Gasteiger partial charge in [0, 0.05) is 24.4 Å². The van der Waals surface area contributed by atoms with E-state index in [1.165, 1.54) is 0 Å². The van der Waals surface area contributed by atoms with Gasteiger partial charge < -0.3 is 25.0 Å². The fourth-order valence-corrected chi connectivity index (χ4v) is 3.80. The standard InChI is InChI=1S/C25H26N4O5/c1-3-33-25(32)23-16(2)26-19-7-4-5-8-20(19)27-24(23)28-21(30)15-34-18-12-10-17(11-13-18)29-14-6-9-22(29)31/h4-5,7-8,10-13,26H,3,6,9,14-15H2,1-2H3,(H,27,28,30). The highest BCUT2D eigenvalue weighted by Gasteiger charge is 2.26. The number of esters is 1. The van der Waals surface area contributed by atoms with E-state index >= 15 is 0 Å². The Kier molecular flexibility index (Phi) is 6.91. The molecule has 1 fully saturated rings. The first kappa shape index (κ1) is 23.0. The molecular weight excluding hydrogens is 436 g/mol. The van der Waals surface area contributed by atoms with E-state index in [2.05, 4.69) is 15.6 Å². The first-order valence-corrected chi connectivity index (χ1v) is 11.1. The van der Waals surface area contributed by atoms with Crippen molar-refractivity contribution in [3.8, 4) is 5.75 Å². The average Bonchev–Trinajstić information content (AvgIpc) is 3.19. The van der Waals surface area contributed by atoms with E-state index in [4.69, 9.17) is 9.47 Å². The van der Waals surface area contributed by atoms with Gasteiger partial charge in [-0.2, -0.15) is 0 Å². The summed E-state index contributed by atoms with van der Waals surface area (Å²) in [5.41, 5.74) is 2.74. The summed E-state index contributed by atoms with van der Waals surface area (Å²) in [6, 6.07) is 14.3. The number of anilines is 2. The molecule has 0 aliphatic carbocycles. The fraction of sp³-hybridized carbons (Fsp3) is 0.280. The molecule has 176 valence electrons. The van der Waals surface area contributed by atoms with E-state index in [0.717, 1.165) is 12.1 Å². The van der Waals surface area contributed by atoms with Crippen LogP contribution in [0.2, 0.25) is 0 Å². The third-order valence-electron chi connectivity index (χ3n) is 5.40. The van der Waals surface area contributed by atoms with Crippen LogP contribution in [-0.4, -0.2) is 43.4 Å². The smallest absolute Gasteiger partial charge is 0.343 e. The van der Waals surface area contributed by atoms with Gasteiger partial charge in [-0.1, -0.05) is 12.1 Å². The molecule has 9 heteroatoms. The van der Waals surface area contributed by atoms with Crippen molar-refractivity contribution in [2.24, 2.45) is 4.99 Å². The molecule has 2 amide bonds. The summed E-state index contributed by atoms with van der Waals surface area (Å²) < 4.78 is 10.8. The highest BCUT2D eigenvalue weighted by molar-refractivity contribution is 6.24. The SMILES string of the molecule is CCOC(=O)C1=C(C)Nc2ccccc2N=C1NC(=O)COc1ccc(N2CCCC2=O)cc1. The third kappa shape index (κ3) is 5.09. The maximum atomic E-state index is 12.7. The van der Waals surface area contributed by atoms with Crippen molar-refractivity contribution in [3.63, 3.8) is 0 Å². The van der Waals surface area contributed by atoms with Crippen LogP contribution in [-0.2, 0) is 19.1 Å². The number of para-hydroxylation sites is 2. The molecule has 1 saturated heterocycles. The third-order valence-corrected chi connectivity index (χ3v) is 5.40. The Hall–Kier alpha value is -4.14. The van der Waals surface area contributed by atoms with Crippen molar-refractivity contribution in [3.05, 3.63) is 59.8 Å². The number of ether oxygens (including phenoxy) is 2. The molecule has 0 saturated carbocycles. The Bertz CT molecular complexity index is 1170. The Balaban J connectivity index is 1.46. The number of amides is 2. The van der Waals surface area contributed by atoms with E-state index < -0.39 is 11.9 Å². The normalized spacial score (nSPS) is 15.2. The van der Waals surface area contributed by atoms with E-state index in [0.29, 0.717) is 35.8 Å². The van der Waals surface area contributed by atoms with E-state index in [-0.39, 0.29) is 30.5 Å². The van der Waals surface area contributed by atoms with Crippen molar-refractivity contribution in [2.45, 2.75) is 26.7 Å². The van der Waals surface area contributed by atoms with Crippen molar-refractivity contribution in [1.29, 1.82) is 0 Å². The topological polar surface area (TPSA) is 109 Å². The number of nitrogens with one attached hydrogen (secondary N) is 2. The number of aliphatic imine (C=N–C) groups is 1. The number of carbonyl (C=O) groups excluding carboxylic acids is 3. The molecule has 2 aliphatic heterocycles. The lowest BCUT2D eigenvalue weighted by atomic mass is 10.2. The number of hydrogen-bond donors (Lipinski definition) is 2. The number of nitrogens with zero attached hydrogens (tertiary/aromatic N) is 2. The number of allylic oxidation sites excluding steroid dienone is 1. The lowest BCUT2D eigenvalue weighted by Crippen LogP contribution is -2.38. The zero-order chi connectivity index (χ0) is 24.1. The quantitative estimate of drug-likeness (QED) is 0.638. The molecule has 2 aromatic rings. The lowest BCUT2D eigenvalue weighted by Gasteiger charge is -2.16. The van der Waals surface area contributed by atoms with Crippen molar-refractivity contribution < 1.29 is 23.9 Å². The van der Waals surface area contributed by atoms with Gasteiger partial charge in [-0.3, -0.25) is 9.59 Å². The number of fused-ring (bicyclic) bond motifs is 1. The van der Waals surface area contributed by atoms with E-state index in [1.807, 2.05) is 18.2 Å². The Morgan fingerprint density at radius 1 is 1.15 bits per heavy atom. The van der Waals surface area contributed by atoms with Crippen LogP contribution in [0.25, 0.3) is 0 Å². The highest BCUT2D eigenvalue weighted by atomic mass is 16.5. The Morgan fingerprint density at radius 3 is 2.62 bits per heavy atom. The highest BCUT2D eigenvalue weighted by Crippen LogP contribution is 2.30. The second-order valence-corrected chi connectivity index (χ2v) is 7.80. The summed E-state index contributed by atoms with van der Waals surface area (Å²) >= 11 is 0. The van der Waals surface area contributed by atoms with Gasteiger partial charge in [-0.05, 0) is 56.7 Å². The van der Waals surface area contributed by atoms with Crippen LogP contribution in [0.1, 0.15) is 26.7 Å². The van der Waals surface area contributed by atoms with Crippen LogP contribution in [0, 0.1) is 0 Å². The summed E-state index contributed by atoms with van der Waals surface area (Å²) in [6.07, 6.45) is 1.41. The van der Waals surface area contributed by atoms with Gasteiger partial charge >= 0.3 is 5.97 Å². The monoisotopic (exact) mass is 462 g/mol. The molecule has 0 spiro atoms. The Labute approximate surface area is 197 Å². The molecule has 0 atom stereocenters. The predicted octanol–water partition coefficient (Wildman–Crippen LogP) is 3.30. The Morgan fingerprint density at radius 2 is 1.91 bits per heavy atom. The second kappa shape index (κ2) is 10.2. The largest absolute Gasteiger partial charge is 0.484 e. The number of amidine groups is 1. The van der Waals surface area contributed by atoms with Crippen LogP contribution >= 0.6 is 0 Å². The summed E-state index contributed by atoms with van der Waals surface area (Å²) in [5, 5.41) is 5.84. The second-order valence-electron chi connectivity index (χ2n) is 7.80. The minimum atomic E-state index is -0.590. The summed E-state index contributed by atoms with van der Waals surface area (Å²) in [5.74, 6) is -0.393. The predicted molar refractivity (Wildman–Crippen MR) is 128 cm³/mol. The van der Waals surface area contributed by atoms with Gasteiger partial charge in [0.1, 0.15) is 17.2 Å². The van der Waals surface area contributed by atoms with Crippen LogP contribution in [0.15, 0.2) is 64.8 Å². The summed E-state index contributed by atoms with van der Waals surface area (Å²) in [7, 11) is 0. The summed E-state index contributed by atoms with van der Waals surface area (Å²) in [6.45, 7) is 4.04. The van der Waals surface area contributed by atoms with Crippen LogP contribution < -0.4 is 20.3 Å². The zero-order valence-electron chi connectivity index (χ0n) is 19.1. The first-order valence-electron chi connectivity index (χ1n) is 11.1. The average molecular weight is 463 g/mol. The van der Waals surface area contributed by atoms with Crippen LogP contribution in [0.5, 0.6) is 5.75 Å². The van der Waals surface area contributed by atoms with E-state index in [1.54, 1.807) is 49.1 Å². The van der Waals surface area contributed by atoms with Crippen LogP contribution in [0.3, 0.4) is 0 Å². The molecule has 9 nitrogen and oxygen atoms in total. The number of benzene rings is 2. The van der Waals surface area contributed by atoms with Gasteiger partial charge in [0.25, 0.3) is 5.91 Å². The van der Waals surface area contributed by atoms with Crippen molar-refractivity contribution in [1.82, 2.24) is 5.32 Å². The molecule has 0 unspecified atom stereocenters. The maximum absolute atomic E-state index is 12.7. The molecule has 2 N–H and O–H groups in total. The molecule has 0 radical (unpaired) electrons. The first-order chi connectivity index (χ1) is 16.5. The van der Waals surface area contributed by atoms with Crippen molar-refractivity contribution >= 4 is 40.7 Å². The molecule has 2 aromatic carbocycles. The van der Waals surface area contributed by atoms with Gasteiger partial charge in [0.05, 0.1) is 18.0 Å². The van der Waals surface area contributed by atoms with Gasteiger partial charge in [0.15, 0.2) is 6.61 Å². The van der Waals surface area contributed by atoms with E-state index in [9.17, 15) is 14.4 Å². The minimum absolute atomic E-state index is 0.0879. The molecule has 34 heavy (non-hydrogen) atoms. The zero-order valence-corrected chi connectivity index (χ0v) is 19.1. The molecule has 0 bridgehead atoms. The molecule has 4 rings (SSSR count). The minimum Gasteiger partial charge on any atom is -0.484 e. The molecular formula is C25H26N4O5. The number of hydrogen-bond acceptors (Lipinski definition) is 7. The summed E-state index contributed by atoms with van der Waals surface area (Å²) in [4.78, 5) is 43.5. The molecule has 2 heterocycles. The van der Waals surface area contributed by atoms with Crippen molar-refractivity contribution in [2.75, 3.05) is 30.0 Å². The van der Waals surface area contributed by atoms with Gasteiger partial charge in [-0.15, -0.1) is 0 Å². The molecule has 0 aromatic heterocycles. The number of rotatable bonds is 6.